The Morgan fingerprint density at radius 2 is 2.00 bits per heavy atom. The van der Waals surface area contributed by atoms with Crippen LogP contribution in [0.5, 0.6) is 0 Å². The Balaban J connectivity index is 2.54. The fourth-order valence-corrected chi connectivity index (χ4v) is 2.72. The summed E-state index contributed by atoms with van der Waals surface area (Å²) < 4.78 is 12.9. The van der Waals surface area contributed by atoms with Crippen LogP contribution in [-0.4, -0.2) is 16.0 Å². The molecule has 0 fully saturated rings. The molecule has 0 saturated heterocycles. The summed E-state index contributed by atoms with van der Waals surface area (Å²) in [5.41, 5.74) is 6.55. The highest BCUT2D eigenvalue weighted by Crippen LogP contribution is 2.13. The molecule has 0 saturated carbocycles. The molecule has 2 unspecified atom stereocenters. The van der Waals surface area contributed by atoms with E-state index in [1.165, 1.54) is 0 Å². The fourth-order valence-electron chi connectivity index (χ4n) is 1.25. The summed E-state index contributed by atoms with van der Waals surface area (Å²) in [6.45, 7) is 2.59. The second-order valence-corrected chi connectivity index (χ2v) is 6.31. The number of nitrogens with two attached hydrogens (primary N) is 1. The van der Waals surface area contributed by atoms with E-state index in [0.29, 0.717) is 12.3 Å². The van der Waals surface area contributed by atoms with Gasteiger partial charge in [-0.3, -0.25) is 4.21 Å². The van der Waals surface area contributed by atoms with Gasteiger partial charge in [0, 0.05) is 26.3 Å². The first-order valence-corrected chi connectivity index (χ1v) is 7.12. The molecule has 0 radical (unpaired) electrons. The van der Waals surface area contributed by atoms with Gasteiger partial charge >= 0.3 is 0 Å². The van der Waals surface area contributed by atoms with Crippen LogP contribution in [0, 0.1) is 0 Å². The van der Waals surface area contributed by atoms with Gasteiger partial charge in [-0.2, -0.15) is 0 Å². The van der Waals surface area contributed by atoms with Crippen molar-refractivity contribution < 1.29 is 4.21 Å². The molecule has 0 spiro atoms. The highest BCUT2D eigenvalue weighted by atomic mass is 79.9. The van der Waals surface area contributed by atoms with Crippen LogP contribution in [0.4, 0.5) is 0 Å². The summed E-state index contributed by atoms with van der Waals surface area (Å²) in [7, 11) is -0.818. The molecule has 0 amide bonds. The average molecular weight is 290 g/mol. The molecule has 1 aromatic rings. The lowest BCUT2D eigenvalue weighted by molar-refractivity contribution is 0.665. The Bertz CT molecular complexity index is 326. The van der Waals surface area contributed by atoms with Crippen LogP contribution < -0.4 is 5.73 Å². The topological polar surface area (TPSA) is 43.1 Å². The fraction of sp³-hybridized carbons (Fsp3) is 0.455. The maximum absolute atomic E-state index is 11.8. The molecule has 0 aliphatic carbocycles. The Hall–Kier alpha value is -0.190. The lowest BCUT2D eigenvalue weighted by Gasteiger charge is -2.09. The van der Waals surface area contributed by atoms with Crippen molar-refractivity contribution in [3.05, 3.63) is 34.3 Å². The highest BCUT2D eigenvalue weighted by molar-refractivity contribution is 9.10. The molecule has 1 aromatic carbocycles. The van der Waals surface area contributed by atoms with Crippen LogP contribution in [0.15, 0.2) is 28.7 Å². The molecular weight excluding hydrogens is 274 g/mol. The summed E-state index contributed by atoms with van der Waals surface area (Å²) in [4.78, 5) is 0. The van der Waals surface area contributed by atoms with Crippen LogP contribution in [0.3, 0.4) is 0 Å². The van der Waals surface area contributed by atoms with Gasteiger partial charge in [0.05, 0.1) is 0 Å². The first-order valence-electron chi connectivity index (χ1n) is 4.95. The second kappa shape index (κ2) is 6.40. The minimum Gasteiger partial charge on any atom is -0.330 e. The molecular formula is C11H16BrNOS. The van der Waals surface area contributed by atoms with E-state index in [9.17, 15) is 4.21 Å². The van der Waals surface area contributed by atoms with Gasteiger partial charge < -0.3 is 5.73 Å². The maximum Gasteiger partial charge on any atom is 0.0488 e. The number of hydrogen-bond acceptors (Lipinski definition) is 2. The van der Waals surface area contributed by atoms with E-state index in [1.54, 1.807) is 0 Å². The zero-order chi connectivity index (χ0) is 11.3. The monoisotopic (exact) mass is 289 g/mol. The van der Waals surface area contributed by atoms with E-state index < -0.39 is 10.8 Å². The van der Waals surface area contributed by atoms with Crippen LogP contribution in [-0.2, 0) is 16.6 Å². The van der Waals surface area contributed by atoms with Crippen molar-refractivity contribution in [2.24, 2.45) is 5.73 Å². The largest absolute Gasteiger partial charge is 0.330 e. The summed E-state index contributed by atoms with van der Waals surface area (Å²) in [6, 6.07) is 7.94. The molecule has 2 atom stereocenters. The minimum atomic E-state index is -0.818. The Morgan fingerprint density at radius 1 is 1.40 bits per heavy atom. The van der Waals surface area contributed by atoms with E-state index >= 15 is 0 Å². The molecule has 0 bridgehead atoms. The van der Waals surface area contributed by atoms with Crippen LogP contribution >= 0.6 is 15.9 Å². The van der Waals surface area contributed by atoms with Crippen molar-refractivity contribution in [2.45, 2.75) is 24.3 Å². The molecule has 0 aromatic heterocycles. The molecule has 15 heavy (non-hydrogen) atoms. The van der Waals surface area contributed by atoms with Crippen LogP contribution in [0.1, 0.15) is 18.9 Å². The third-order valence-electron chi connectivity index (χ3n) is 2.24. The predicted octanol–water partition coefficient (Wildman–Crippen LogP) is 2.44. The van der Waals surface area contributed by atoms with Gasteiger partial charge in [0.15, 0.2) is 0 Å². The predicted molar refractivity (Wildman–Crippen MR) is 69.1 cm³/mol. The molecule has 1 rings (SSSR count). The van der Waals surface area contributed by atoms with E-state index in [1.807, 2.05) is 31.2 Å². The van der Waals surface area contributed by atoms with Crippen molar-refractivity contribution in [1.29, 1.82) is 0 Å². The summed E-state index contributed by atoms with van der Waals surface area (Å²) in [5, 5.41) is 0.179. The SMILES string of the molecule is CC(CCN)S(=O)Cc1ccc(Br)cc1. The summed E-state index contributed by atoms with van der Waals surface area (Å²) >= 11 is 3.37. The van der Waals surface area contributed by atoms with Crippen molar-refractivity contribution in [1.82, 2.24) is 0 Å². The quantitative estimate of drug-likeness (QED) is 0.905. The molecule has 4 heteroatoms. The zero-order valence-corrected chi connectivity index (χ0v) is 11.2. The van der Waals surface area contributed by atoms with Crippen molar-refractivity contribution >= 4 is 26.7 Å². The van der Waals surface area contributed by atoms with E-state index in [4.69, 9.17) is 5.73 Å². The Kier molecular flexibility index (Phi) is 5.50. The van der Waals surface area contributed by atoms with E-state index in [2.05, 4.69) is 15.9 Å². The summed E-state index contributed by atoms with van der Waals surface area (Å²) in [6.07, 6.45) is 0.823. The number of benzene rings is 1. The number of hydrogen-bond donors (Lipinski definition) is 1. The van der Waals surface area contributed by atoms with Crippen molar-refractivity contribution in [3.63, 3.8) is 0 Å². The molecule has 0 aliphatic heterocycles. The third-order valence-corrected chi connectivity index (χ3v) is 4.52. The van der Waals surface area contributed by atoms with Gasteiger partial charge in [0.1, 0.15) is 0 Å². The third kappa shape index (κ3) is 4.45. The summed E-state index contributed by atoms with van der Waals surface area (Å²) in [5.74, 6) is 0.619. The molecule has 84 valence electrons. The van der Waals surface area contributed by atoms with E-state index in [0.717, 1.165) is 16.5 Å². The average Bonchev–Trinajstić information content (AvgIpc) is 2.22. The first kappa shape index (κ1) is 12.9. The minimum absolute atomic E-state index is 0.179. The Morgan fingerprint density at radius 3 is 2.53 bits per heavy atom. The highest BCUT2D eigenvalue weighted by Gasteiger charge is 2.10. The lowest BCUT2D eigenvalue weighted by Crippen LogP contribution is -2.17. The standard InChI is InChI=1S/C11H16BrNOS/c1-9(6-7-13)15(14)8-10-2-4-11(12)5-3-10/h2-5,9H,6-8,13H2,1H3. The maximum atomic E-state index is 11.8. The first-order chi connectivity index (χ1) is 7.13. The van der Waals surface area contributed by atoms with Crippen LogP contribution in [0.2, 0.25) is 0 Å². The molecule has 0 heterocycles. The van der Waals surface area contributed by atoms with Gasteiger partial charge in [0.25, 0.3) is 0 Å². The molecule has 2 N–H and O–H groups in total. The van der Waals surface area contributed by atoms with Crippen molar-refractivity contribution in [2.75, 3.05) is 6.54 Å². The molecule has 2 nitrogen and oxygen atoms in total. The van der Waals surface area contributed by atoms with Gasteiger partial charge in [-0.25, -0.2) is 0 Å². The number of halogens is 1. The van der Waals surface area contributed by atoms with E-state index in [-0.39, 0.29) is 5.25 Å². The molecule has 0 aliphatic rings. The van der Waals surface area contributed by atoms with Crippen LogP contribution in [0.25, 0.3) is 0 Å². The zero-order valence-electron chi connectivity index (χ0n) is 8.78. The van der Waals surface area contributed by atoms with Crippen molar-refractivity contribution in [3.8, 4) is 0 Å². The number of rotatable bonds is 5. The normalized spacial score (nSPS) is 14.9. The van der Waals surface area contributed by atoms with Gasteiger partial charge in [-0.1, -0.05) is 35.0 Å². The smallest absolute Gasteiger partial charge is 0.0488 e. The van der Waals surface area contributed by atoms with Gasteiger partial charge in [-0.15, -0.1) is 0 Å². The van der Waals surface area contributed by atoms with Gasteiger partial charge in [0.2, 0.25) is 0 Å². The lowest BCUT2D eigenvalue weighted by atomic mass is 10.2. The second-order valence-electron chi connectivity index (χ2n) is 3.54. The van der Waals surface area contributed by atoms with Gasteiger partial charge in [-0.05, 0) is 30.7 Å². The Labute approximate surface area is 102 Å².